The van der Waals surface area contributed by atoms with Crippen molar-refractivity contribution in [1.82, 2.24) is 14.9 Å². The first-order valence-electron chi connectivity index (χ1n) is 7.01. The minimum absolute atomic E-state index is 0.0751. The molecule has 1 fully saturated rings. The molecule has 0 bridgehead atoms. The van der Waals surface area contributed by atoms with Gasteiger partial charge >= 0.3 is 6.09 Å². The van der Waals surface area contributed by atoms with Gasteiger partial charge in [-0.05, 0) is 20.8 Å². The van der Waals surface area contributed by atoms with E-state index in [1.54, 1.807) is 25.7 Å². The molecule has 1 saturated heterocycles. The van der Waals surface area contributed by atoms with Gasteiger partial charge in [0.1, 0.15) is 17.2 Å². The third kappa shape index (κ3) is 4.06. The van der Waals surface area contributed by atoms with Crippen LogP contribution >= 0.6 is 0 Å². The molecular weight excluding hydrogens is 288 g/mol. The van der Waals surface area contributed by atoms with Crippen LogP contribution in [0.5, 0.6) is 0 Å². The minimum atomic E-state index is -0.542. The minimum Gasteiger partial charge on any atom is -0.444 e. The average molecular weight is 308 g/mol. The van der Waals surface area contributed by atoms with Crippen molar-refractivity contribution in [3.05, 3.63) is 22.2 Å². The smallest absolute Gasteiger partial charge is 0.410 e. The first-order valence-corrected chi connectivity index (χ1v) is 7.01. The predicted molar refractivity (Wildman–Crippen MR) is 79.7 cm³/mol. The highest BCUT2D eigenvalue weighted by atomic mass is 16.6. The van der Waals surface area contributed by atoms with E-state index in [0.29, 0.717) is 18.9 Å². The lowest BCUT2D eigenvalue weighted by atomic mass is 10.00. The van der Waals surface area contributed by atoms with E-state index in [2.05, 4.69) is 15.3 Å². The van der Waals surface area contributed by atoms with Crippen LogP contribution in [-0.2, 0) is 9.53 Å². The zero-order valence-corrected chi connectivity index (χ0v) is 13.1. The fourth-order valence-electron chi connectivity index (χ4n) is 2.04. The van der Waals surface area contributed by atoms with Gasteiger partial charge in [0, 0.05) is 26.1 Å². The van der Waals surface area contributed by atoms with Crippen molar-refractivity contribution in [1.29, 1.82) is 0 Å². The number of aromatic amines is 1. The molecule has 0 saturated carbocycles. The molecule has 0 radical (unpaired) electrons. The average Bonchev–Trinajstić information content (AvgIpc) is 2.21. The standard InChI is InChI=1S/C14H20N4O4/c1-8(19)15-10-5-11(20)17-12(16-10)9-6-18(7-9)13(21)22-14(2,3)4/h5,9H,6-7H2,1-4H3,(H2,15,16,17,19,20). The lowest BCUT2D eigenvalue weighted by molar-refractivity contribution is -0.114. The number of hydrogen-bond donors (Lipinski definition) is 2. The molecular formula is C14H20N4O4. The molecule has 0 atom stereocenters. The SMILES string of the molecule is CC(=O)Nc1cc(=O)[nH]c(C2CN(C(=O)OC(C)(C)C)C2)n1. The summed E-state index contributed by atoms with van der Waals surface area (Å²) in [6, 6.07) is 1.22. The molecule has 0 aliphatic carbocycles. The van der Waals surface area contributed by atoms with Gasteiger partial charge in [-0.15, -0.1) is 0 Å². The monoisotopic (exact) mass is 308 g/mol. The first-order chi connectivity index (χ1) is 10.1. The number of rotatable bonds is 2. The first kappa shape index (κ1) is 16.0. The lowest BCUT2D eigenvalue weighted by Gasteiger charge is -2.39. The second-order valence-electron chi connectivity index (χ2n) is 6.28. The number of likely N-dealkylation sites (tertiary alicyclic amines) is 1. The number of H-pyrrole nitrogens is 1. The fourth-order valence-corrected chi connectivity index (χ4v) is 2.04. The Morgan fingerprint density at radius 2 is 2.05 bits per heavy atom. The summed E-state index contributed by atoms with van der Waals surface area (Å²) in [6.07, 6.45) is -0.385. The summed E-state index contributed by atoms with van der Waals surface area (Å²) in [5, 5.41) is 2.48. The van der Waals surface area contributed by atoms with Crippen LogP contribution in [0.3, 0.4) is 0 Å². The number of amides is 2. The van der Waals surface area contributed by atoms with Crippen molar-refractivity contribution in [2.75, 3.05) is 18.4 Å². The molecule has 2 rings (SSSR count). The Hall–Kier alpha value is -2.38. The maximum absolute atomic E-state index is 11.9. The molecule has 2 amide bonds. The molecule has 120 valence electrons. The van der Waals surface area contributed by atoms with Crippen LogP contribution in [0.2, 0.25) is 0 Å². The lowest BCUT2D eigenvalue weighted by Crippen LogP contribution is -2.51. The van der Waals surface area contributed by atoms with Crippen molar-refractivity contribution in [2.45, 2.75) is 39.2 Å². The zero-order chi connectivity index (χ0) is 16.5. The van der Waals surface area contributed by atoms with Gasteiger partial charge in [-0.1, -0.05) is 0 Å². The molecule has 0 unspecified atom stereocenters. The van der Waals surface area contributed by atoms with Crippen LogP contribution in [0.4, 0.5) is 10.6 Å². The quantitative estimate of drug-likeness (QED) is 0.850. The molecule has 0 spiro atoms. The normalized spacial score (nSPS) is 15.2. The van der Waals surface area contributed by atoms with Crippen LogP contribution < -0.4 is 10.9 Å². The summed E-state index contributed by atoms with van der Waals surface area (Å²) in [5.41, 5.74) is -0.885. The summed E-state index contributed by atoms with van der Waals surface area (Å²) in [5.74, 6) is 0.292. The van der Waals surface area contributed by atoms with Crippen LogP contribution in [-0.4, -0.2) is 45.6 Å². The maximum atomic E-state index is 11.9. The number of nitrogens with one attached hydrogen (secondary N) is 2. The van der Waals surface area contributed by atoms with E-state index in [9.17, 15) is 14.4 Å². The van der Waals surface area contributed by atoms with Gasteiger partial charge in [0.25, 0.3) is 5.56 Å². The van der Waals surface area contributed by atoms with E-state index in [-0.39, 0.29) is 29.3 Å². The second-order valence-corrected chi connectivity index (χ2v) is 6.28. The van der Waals surface area contributed by atoms with Crippen LogP contribution in [0.1, 0.15) is 39.4 Å². The van der Waals surface area contributed by atoms with E-state index < -0.39 is 5.60 Å². The van der Waals surface area contributed by atoms with E-state index in [1.165, 1.54) is 13.0 Å². The van der Waals surface area contributed by atoms with Crippen molar-refractivity contribution in [2.24, 2.45) is 0 Å². The largest absolute Gasteiger partial charge is 0.444 e. The summed E-state index contributed by atoms with van der Waals surface area (Å²) < 4.78 is 5.26. The van der Waals surface area contributed by atoms with Crippen molar-refractivity contribution < 1.29 is 14.3 Å². The molecule has 2 heterocycles. The maximum Gasteiger partial charge on any atom is 0.410 e. The van der Waals surface area contributed by atoms with Crippen molar-refractivity contribution in [3.8, 4) is 0 Å². The van der Waals surface area contributed by atoms with Gasteiger partial charge in [0.15, 0.2) is 0 Å². The molecule has 8 heteroatoms. The van der Waals surface area contributed by atoms with Crippen LogP contribution in [0.15, 0.2) is 10.9 Å². The number of carbonyl (C=O) groups excluding carboxylic acids is 2. The number of nitrogens with zero attached hydrogens (tertiary/aromatic N) is 2. The summed E-state index contributed by atoms with van der Waals surface area (Å²) in [4.78, 5) is 42.8. The molecule has 1 aliphatic rings. The Morgan fingerprint density at radius 3 is 2.59 bits per heavy atom. The molecule has 22 heavy (non-hydrogen) atoms. The topological polar surface area (TPSA) is 104 Å². The number of ether oxygens (including phenoxy) is 1. The molecule has 1 aliphatic heterocycles. The van der Waals surface area contributed by atoms with Gasteiger partial charge < -0.3 is 19.9 Å². The van der Waals surface area contributed by atoms with Crippen molar-refractivity contribution in [3.63, 3.8) is 0 Å². The predicted octanol–water partition coefficient (Wildman–Crippen LogP) is 1.06. The molecule has 2 N–H and O–H groups in total. The highest BCUT2D eigenvalue weighted by molar-refractivity contribution is 5.87. The summed E-state index contributed by atoms with van der Waals surface area (Å²) in [6.45, 7) is 7.59. The van der Waals surface area contributed by atoms with E-state index >= 15 is 0 Å². The van der Waals surface area contributed by atoms with Gasteiger partial charge in [-0.2, -0.15) is 0 Å². The van der Waals surface area contributed by atoms with Gasteiger partial charge in [-0.25, -0.2) is 9.78 Å². The highest BCUT2D eigenvalue weighted by Crippen LogP contribution is 2.26. The Kier molecular flexibility index (Phi) is 4.20. The Balaban J connectivity index is 2.01. The molecule has 8 nitrogen and oxygen atoms in total. The Labute approximate surface area is 127 Å². The molecule has 0 aromatic carbocycles. The van der Waals surface area contributed by atoms with Crippen LogP contribution in [0.25, 0.3) is 0 Å². The Bertz CT molecular complexity index is 641. The van der Waals surface area contributed by atoms with Gasteiger partial charge in [0.05, 0.1) is 5.92 Å². The fraction of sp³-hybridized carbons (Fsp3) is 0.571. The van der Waals surface area contributed by atoms with Crippen molar-refractivity contribution >= 4 is 17.8 Å². The Morgan fingerprint density at radius 1 is 1.41 bits per heavy atom. The van der Waals surface area contributed by atoms with Crippen LogP contribution in [0, 0.1) is 0 Å². The third-order valence-electron chi connectivity index (χ3n) is 2.98. The van der Waals surface area contributed by atoms with E-state index in [0.717, 1.165) is 0 Å². The van der Waals surface area contributed by atoms with E-state index in [4.69, 9.17) is 4.74 Å². The number of hydrogen-bond acceptors (Lipinski definition) is 5. The second kappa shape index (κ2) is 5.78. The summed E-state index contributed by atoms with van der Waals surface area (Å²) in [7, 11) is 0. The molecule has 1 aromatic rings. The zero-order valence-electron chi connectivity index (χ0n) is 13.1. The van der Waals surface area contributed by atoms with Gasteiger partial charge in [-0.3, -0.25) is 9.59 Å². The summed E-state index contributed by atoms with van der Waals surface area (Å²) >= 11 is 0. The van der Waals surface area contributed by atoms with Gasteiger partial charge in [0.2, 0.25) is 5.91 Å². The van der Waals surface area contributed by atoms with E-state index in [1.807, 2.05) is 0 Å². The number of aromatic nitrogens is 2. The third-order valence-corrected chi connectivity index (χ3v) is 2.98. The number of carbonyl (C=O) groups is 2. The highest BCUT2D eigenvalue weighted by Gasteiger charge is 2.36. The number of anilines is 1. The molecule has 1 aromatic heterocycles.